The highest BCUT2D eigenvalue weighted by Gasteiger charge is 2.28. The number of amides is 1. The fraction of sp³-hybridized carbons (Fsp3) is 0.435. The summed E-state index contributed by atoms with van der Waals surface area (Å²) < 4.78 is 6.82. The lowest BCUT2D eigenvalue weighted by Crippen LogP contribution is -2.38. The van der Waals surface area contributed by atoms with Crippen molar-refractivity contribution in [2.24, 2.45) is 13.0 Å². The van der Waals surface area contributed by atoms with Crippen LogP contribution in [0.15, 0.2) is 30.3 Å². The maximum Gasteiger partial charge on any atom is 0.355 e. The molecule has 29 heavy (non-hydrogen) atoms. The molecule has 0 fully saturated rings. The molecule has 0 aliphatic rings. The van der Waals surface area contributed by atoms with Crippen molar-refractivity contribution in [1.29, 1.82) is 0 Å². The molecule has 1 heterocycles. The first-order chi connectivity index (χ1) is 13.7. The summed E-state index contributed by atoms with van der Waals surface area (Å²) in [6.07, 6.45) is 0. The van der Waals surface area contributed by atoms with Gasteiger partial charge in [0.25, 0.3) is 5.91 Å². The van der Waals surface area contributed by atoms with E-state index in [1.807, 2.05) is 19.9 Å². The van der Waals surface area contributed by atoms with Crippen molar-refractivity contribution in [3.8, 4) is 0 Å². The van der Waals surface area contributed by atoms with Gasteiger partial charge in [-0.3, -0.25) is 9.59 Å². The molecule has 0 aliphatic carbocycles. The number of nitrogens with zero attached hydrogens (tertiary/aromatic N) is 2. The van der Waals surface area contributed by atoms with E-state index in [9.17, 15) is 14.4 Å². The van der Waals surface area contributed by atoms with E-state index in [2.05, 4.69) is 0 Å². The van der Waals surface area contributed by atoms with Crippen molar-refractivity contribution in [1.82, 2.24) is 9.47 Å². The van der Waals surface area contributed by atoms with Crippen LogP contribution in [0.2, 0.25) is 0 Å². The number of esters is 1. The zero-order valence-corrected chi connectivity index (χ0v) is 18.1. The van der Waals surface area contributed by atoms with Gasteiger partial charge in [-0.1, -0.05) is 32.0 Å². The Kier molecular flexibility index (Phi) is 7.37. The Morgan fingerprint density at radius 2 is 1.72 bits per heavy atom. The standard InChI is InChI=1S/C23H30N2O4/c1-7-29-23(28)21-16(4)20(17(5)24(21)6)19(26)14-25(13-15(2)3)22(27)18-11-9-8-10-12-18/h8-12,15H,7,13-14H2,1-6H3. The lowest BCUT2D eigenvalue weighted by atomic mass is 10.0. The summed E-state index contributed by atoms with van der Waals surface area (Å²) in [6.45, 7) is 10.00. The van der Waals surface area contributed by atoms with E-state index < -0.39 is 5.97 Å². The highest BCUT2D eigenvalue weighted by molar-refractivity contribution is 6.06. The average Bonchev–Trinajstić information content (AvgIpc) is 2.89. The summed E-state index contributed by atoms with van der Waals surface area (Å²) in [5, 5.41) is 0. The second-order valence-electron chi connectivity index (χ2n) is 7.58. The Morgan fingerprint density at radius 1 is 1.10 bits per heavy atom. The first-order valence-corrected chi connectivity index (χ1v) is 9.89. The minimum atomic E-state index is -0.450. The first-order valence-electron chi connectivity index (χ1n) is 9.89. The monoisotopic (exact) mass is 398 g/mol. The second kappa shape index (κ2) is 9.54. The Hall–Kier alpha value is -2.89. The van der Waals surface area contributed by atoms with E-state index >= 15 is 0 Å². The minimum Gasteiger partial charge on any atom is -0.461 e. The molecule has 2 rings (SSSR count). The number of aromatic nitrogens is 1. The maximum absolute atomic E-state index is 13.2. The Morgan fingerprint density at radius 3 is 2.28 bits per heavy atom. The Bertz CT molecular complexity index is 897. The van der Waals surface area contributed by atoms with Crippen LogP contribution in [0.25, 0.3) is 0 Å². The largest absolute Gasteiger partial charge is 0.461 e. The lowest BCUT2D eigenvalue weighted by Gasteiger charge is -2.24. The first kappa shape index (κ1) is 22.4. The molecule has 156 valence electrons. The summed E-state index contributed by atoms with van der Waals surface area (Å²) in [4.78, 5) is 40.1. The Labute approximate surface area is 172 Å². The molecule has 2 aromatic rings. The number of carbonyl (C=O) groups is 3. The van der Waals surface area contributed by atoms with Crippen molar-refractivity contribution in [3.63, 3.8) is 0 Å². The zero-order chi connectivity index (χ0) is 21.7. The van der Waals surface area contributed by atoms with Crippen molar-refractivity contribution in [3.05, 3.63) is 58.4 Å². The Balaban J connectivity index is 2.36. The van der Waals surface area contributed by atoms with Crippen LogP contribution in [0.4, 0.5) is 0 Å². The summed E-state index contributed by atoms with van der Waals surface area (Å²) in [6, 6.07) is 8.96. The van der Waals surface area contributed by atoms with Gasteiger partial charge in [0.15, 0.2) is 5.78 Å². The number of Topliss-reactive ketones (excluding diaryl/α,β-unsaturated/α-hetero) is 1. The molecule has 0 aliphatic heterocycles. The molecule has 1 aromatic heterocycles. The fourth-order valence-electron chi connectivity index (χ4n) is 3.55. The number of ether oxygens (including phenoxy) is 1. The average molecular weight is 399 g/mol. The second-order valence-corrected chi connectivity index (χ2v) is 7.58. The quantitative estimate of drug-likeness (QED) is 0.501. The molecular formula is C23H30N2O4. The van der Waals surface area contributed by atoms with E-state index in [1.54, 1.807) is 61.6 Å². The summed E-state index contributed by atoms with van der Waals surface area (Å²) in [5.74, 6) is -0.599. The molecule has 0 spiro atoms. The molecule has 6 heteroatoms. The van der Waals surface area contributed by atoms with Gasteiger partial charge in [0.2, 0.25) is 0 Å². The molecule has 0 bridgehead atoms. The molecule has 0 unspecified atom stereocenters. The van der Waals surface area contributed by atoms with E-state index in [-0.39, 0.29) is 30.8 Å². The van der Waals surface area contributed by atoms with E-state index in [0.717, 1.165) is 0 Å². The molecule has 0 atom stereocenters. The number of carbonyl (C=O) groups excluding carboxylic acids is 3. The van der Waals surface area contributed by atoms with Crippen LogP contribution in [-0.4, -0.2) is 46.8 Å². The van der Waals surface area contributed by atoms with Gasteiger partial charge in [0.05, 0.1) is 13.2 Å². The van der Waals surface area contributed by atoms with Gasteiger partial charge in [-0.25, -0.2) is 4.79 Å². The van der Waals surface area contributed by atoms with Gasteiger partial charge in [-0.2, -0.15) is 0 Å². The van der Waals surface area contributed by atoms with Crippen LogP contribution in [0.3, 0.4) is 0 Å². The predicted octanol–water partition coefficient (Wildman–Crippen LogP) is 3.80. The molecular weight excluding hydrogens is 368 g/mol. The van der Waals surface area contributed by atoms with Crippen LogP contribution in [-0.2, 0) is 11.8 Å². The molecule has 6 nitrogen and oxygen atoms in total. The molecule has 1 aromatic carbocycles. The van der Waals surface area contributed by atoms with Crippen molar-refractivity contribution >= 4 is 17.7 Å². The highest BCUT2D eigenvalue weighted by Crippen LogP contribution is 2.23. The molecule has 0 saturated heterocycles. The van der Waals surface area contributed by atoms with Crippen molar-refractivity contribution in [2.45, 2.75) is 34.6 Å². The SMILES string of the molecule is CCOC(=O)c1c(C)c(C(=O)CN(CC(C)C)C(=O)c2ccccc2)c(C)n1C. The number of benzene rings is 1. The number of hydrogen-bond donors (Lipinski definition) is 0. The van der Waals surface area contributed by atoms with Crippen LogP contribution in [0.5, 0.6) is 0 Å². The summed E-state index contributed by atoms with van der Waals surface area (Å²) >= 11 is 0. The molecule has 0 N–H and O–H groups in total. The third kappa shape index (κ3) is 4.94. The number of rotatable bonds is 8. The van der Waals surface area contributed by atoms with Gasteiger partial charge >= 0.3 is 5.97 Å². The van der Waals surface area contributed by atoms with Gasteiger partial charge in [-0.15, -0.1) is 0 Å². The molecule has 1 amide bonds. The van der Waals surface area contributed by atoms with Gasteiger partial charge < -0.3 is 14.2 Å². The van der Waals surface area contributed by atoms with Gasteiger partial charge in [0, 0.05) is 30.4 Å². The van der Waals surface area contributed by atoms with Crippen molar-refractivity contribution in [2.75, 3.05) is 19.7 Å². The summed E-state index contributed by atoms with van der Waals surface area (Å²) in [5.41, 5.74) is 2.68. The predicted molar refractivity (Wildman–Crippen MR) is 112 cm³/mol. The molecule has 0 saturated carbocycles. The fourth-order valence-corrected chi connectivity index (χ4v) is 3.55. The van der Waals surface area contributed by atoms with Crippen molar-refractivity contribution < 1.29 is 19.1 Å². The zero-order valence-electron chi connectivity index (χ0n) is 18.1. The third-order valence-electron chi connectivity index (χ3n) is 4.91. The van der Waals surface area contributed by atoms with Gasteiger partial charge in [0.1, 0.15) is 5.69 Å². The lowest BCUT2D eigenvalue weighted by molar-refractivity contribution is 0.0514. The third-order valence-corrected chi connectivity index (χ3v) is 4.91. The number of hydrogen-bond acceptors (Lipinski definition) is 4. The normalized spacial score (nSPS) is 10.9. The van der Waals surface area contributed by atoms with E-state index in [4.69, 9.17) is 4.74 Å². The minimum absolute atomic E-state index is 0.0418. The maximum atomic E-state index is 13.2. The van der Waals surface area contributed by atoms with E-state index in [1.165, 1.54) is 0 Å². The van der Waals surface area contributed by atoms with Gasteiger partial charge in [-0.05, 0) is 44.4 Å². The van der Waals surface area contributed by atoms with Crippen LogP contribution >= 0.6 is 0 Å². The van der Waals surface area contributed by atoms with Crippen LogP contribution in [0.1, 0.15) is 63.2 Å². The van der Waals surface area contributed by atoms with Crippen LogP contribution < -0.4 is 0 Å². The highest BCUT2D eigenvalue weighted by atomic mass is 16.5. The summed E-state index contributed by atoms with van der Waals surface area (Å²) in [7, 11) is 1.74. The smallest absolute Gasteiger partial charge is 0.355 e. The van der Waals surface area contributed by atoms with E-state index in [0.29, 0.717) is 34.6 Å². The topological polar surface area (TPSA) is 68.6 Å². The van der Waals surface area contributed by atoms with Crippen LogP contribution in [0, 0.1) is 19.8 Å². The number of ketones is 1. The molecule has 0 radical (unpaired) electrons.